The van der Waals surface area contributed by atoms with Gasteiger partial charge in [0.25, 0.3) is 0 Å². The van der Waals surface area contributed by atoms with E-state index in [2.05, 4.69) is 55.6 Å². The molecule has 0 aromatic heterocycles. The van der Waals surface area contributed by atoms with Gasteiger partial charge in [0.1, 0.15) is 0 Å². The Bertz CT molecular complexity index is 750. The van der Waals surface area contributed by atoms with Gasteiger partial charge in [-0.25, -0.2) is 0 Å². The molecule has 0 spiro atoms. The van der Waals surface area contributed by atoms with Crippen LogP contribution in [0, 0.1) is 5.92 Å². The number of rotatable bonds is 6. The van der Waals surface area contributed by atoms with Crippen molar-refractivity contribution in [3.05, 3.63) is 71.3 Å². The van der Waals surface area contributed by atoms with Gasteiger partial charge in [0.15, 0.2) is 0 Å². The average molecular weight is 362 g/mol. The summed E-state index contributed by atoms with van der Waals surface area (Å²) in [5.74, 6) is 1.26. The van der Waals surface area contributed by atoms with E-state index >= 15 is 0 Å². The summed E-state index contributed by atoms with van der Waals surface area (Å²) in [7, 11) is 0. The number of nitrogens with one attached hydrogen (secondary N) is 1. The molecule has 1 fully saturated rings. The van der Waals surface area contributed by atoms with Crippen molar-refractivity contribution in [3.63, 3.8) is 0 Å². The van der Waals surface area contributed by atoms with Crippen LogP contribution in [0.3, 0.4) is 0 Å². The van der Waals surface area contributed by atoms with Gasteiger partial charge in [-0.15, -0.1) is 0 Å². The van der Waals surface area contributed by atoms with Gasteiger partial charge in [0, 0.05) is 11.8 Å². The average Bonchev–Trinajstić information content (AvgIpc) is 2.68. The Morgan fingerprint density at radius 3 is 2.30 bits per heavy atom. The van der Waals surface area contributed by atoms with E-state index in [0.717, 1.165) is 17.7 Å². The summed E-state index contributed by atoms with van der Waals surface area (Å²) in [6, 6.07) is 16.8. The van der Waals surface area contributed by atoms with Crippen LogP contribution in [0.15, 0.2) is 54.6 Å². The summed E-state index contributed by atoms with van der Waals surface area (Å²) in [6.07, 6.45) is 11.2. The fraction of sp³-hybridized carbons (Fsp3) is 0.400. The third-order valence-corrected chi connectivity index (χ3v) is 5.31. The molecule has 0 unspecified atom stereocenters. The Balaban J connectivity index is 1.53. The molecule has 1 saturated carbocycles. The van der Waals surface area contributed by atoms with Crippen LogP contribution < -0.4 is 5.32 Å². The molecule has 0 atom stereocenters. The number of hydrogen-bond acceptors (Lipinski definition) is 1. The lowest BCUT2D eigenvalue weighted by atomic mass is 9.84. The third kappa shape index (κ3) is 6.09. The van der Waals surface area contributed by atoms with Gasteiger partial charge in [-0.2, -0.15) is 0 Å². The van der Waals surface area contributed by atoms with Gasteiger partial charge in [0.05, 0.1) is 0 Å². The van der Waals surface area contributed by atoms with E-state index in [4.69, 9.17) is 0 Å². The van der Waals surface area contributed by atoms with E-state index in [1.165, 1.54) is 43.2 Å². The van der Waals surface area contributed by atoms with Crippen molar-refractivity contribution in [1.29, 1.82) is 0 Å². The van der Waals surface area contributed by atoms with Crippen LogP contribution in [0.25, 0.3) is 6.08 Å². The van der Waals surface area contributed by atoms with Gasteiger partial charge in [-0.1, -0.05) is 69.5 Å². The number of carbonyl (C=O) groups excluding carboxylic acids is 1. The molecule has 0 heterocycles. The molecule has 2 aromatic carbocycles. The lowest BCUT2D eigenvalue weighted by molar-refractivity contribution is -0.111. The largest absolute Gasteiger partial charge is 0.323 e. The predicted octanol–water partition coefficient (Wildman–Crippen LogP) is 6.58. The molecule has 2 nitrogen and oxygen atoms in total. The molecule has 1 aliphatic rings. The zero-order valence-electron chi connectivity index (χ0n) is 16.6. The maximum Gasteiger partial charge on any atom is 0.248 e. The first-order valence-electron chi connectivity index (χ1n) is 10.3. The molecule has 0 bridgehead atoms. The summed E-state index contributed by atoms with van der Waals surface area (Å²) < 4.78 is 0. The molecule has 2 aromatic rings. The number of carbonyl (C=O) groups is 1. The minimum atomic E-state index is -0.0910. The highest BCUT2D eigenvalue weighted by atomic mass is 16.1. The van der Waals surface area contributed by atoms with E-state index in [0.29, 0.717) is 11.8 Å². The highest BCUT2D eigenvalue weighted by Crippen LogP contribution is 2.32. The van der Waals surface area contributed by atoms with Gasteiger partial charge >= 0.3 is 0 Å². The Morgan fingerprint density at radius 2 is 1.67 bits per heavy atom. The fourth-order valence-electron chi connectivity index (χ4n) is 3.87. The minimum absolute atomic E-state index is 0.0910. The molecule has 27 heavy (non-hydrogen) atoms. The van der Waals surface area contributed by atoms with Crippen molar-refractivity contribution in [2.24, 2.45) is 5.92 Å². The number of benzene rings is 2. The van der Waals surface area contributed by atoms with Gasteiger partial charge in [-0.05, 0) is 66.0 Å². The zero-order valence-corrected chi connectivity index (χ0v) is 16.6. The molecule has 2 heteroatoms. The number of amides is 1. The highest BCUT2D eigenvalue weighted by Gasteiger charge is 2.15. The van der Waals surface area contributed by atoms with E-state index in [1.807, 2.05) is 18.2 Å². The molecule has 142 valence electrons. The van der Waals surface area contributed by atoms with Gasteiger partial charge in [0.2, 0.25) is 5.91 Å². The van der Waals surface area contributed by atoms with Crippen LogP contribution in [0.4, 0.5) is 5.69 Å². The zero-order chi connectivity index (χ0) is 19.1. The van der Waals surface area contributed by atoms with Crippen molar-refractivity contribution in [2.45, 2.75) is 58.3 Å². The van der Waals surface area contributed by atoms with Crippen LogP contribution >= 0.6 is 0 Å². The molecular formula is C25H31NO. The van der Waals surface area contributed by atoms with E-state index in [-0.39, 0.29) is 5.91 Å². The number of hydrogen-bond donors (Lipinski definition) is 1. The Labute approximate surface area is 163 Å². The van der Waals surface area contributed by atoms with Crippen LogP contribution in [0.1, 0.15) is 68.6 Å². The van der Waals surface area contributed by atoms with E-state index < -0.39 is 0 Å². The van der Waals surface area contributed by atoms with E-state index in [1.54, 1.807) is 6.08 Å². The second-order valence-corrected chi connectivity index (χ2v) is 8.12. The Hall–Kier alpha value is -2.35. The monoisotopic (exact) mass is 361 g/mol. The van der Waals surface area contributed by atoms with Crippen molar-refractivity contribution in [3.8, 4) is 0 Å². The fourth-order valence-corrected chi connectivity index (χ4v) is 3.87. The van der Waals surface area contributed by atoms with Crippen LogP contribution in [0.5, 0.6) is 0 Å². The van der Waals surface area contributed by atoms with Gasteiger partial charge < -0.3 is 5.32 Å². The summed E-state index contributed by atoms with van der Waals surface area (Å²) in [5.41, 5.74) is 4.65. The minimum Gasteiger partial charge on any atom is -0.323 e. The van der Waals surface area contributed by atoms with Crippen molar-refractivity contribution in [2.75, 3.05) is 5.32 Å². The molecule has 0 saturated heterocycles. The maximum absolute atomic E-state index is 12.2. The lowest BCUT2D eigenvalue weighted by Crippen LogP contribution is -2.08. The predicted molar refractivity (Wildman–Crippen MR) is 115 cm³/mol. The van der Waals surface area contributed by atoms with Crippen molar-refractivity contribution in [1.82, 2.24) is 0 Å². The molecule has 1 amide bonds. The summed E-state index contributed by atoms with van der Waals surface area (Å²) in [6.45, 7) is 4.44. The number of anilines is 1. The summed E-state index contributed by atoms with van der Waals surface area (Å²) in [4.78, 5) is 12.2. The lowest BCUT2D eigenvalue weighted by Gasteiger charge is -2.22. The molecule has 1 aliphatic carbocycles. The normalized spacial score (nSPS) is 15.4. The molecular weight excluding hydrogens is 330 g/mol. The standard InChI is InChI=1S/C25H31NO/c1-19(2)18-21-10-8-20(9-11-21)12-17-25(27)26-24-15-13-23(14-16-24)22-6-4-3-5-7-22/h8-17,19,22H,3-7,18H2,1-2H3,(H,26,27). The molecule has 1 N–H and O–H groups in total. The smallest absolute Gasteiger partial charge is 0.248 e. The van der Waals surface area contributed by atoms with Gasteiger partial charge in [-0.3, -0.25) is 4.79 Å². The Morgan fingerprint density at radius 1 is 1.00 bits per heavy atom. The summed E-state index contributed by atoms with van der Waals surface area (Å²) in [5, 5.41) is 2.95. The Kier molecular flexibility index (Phi) is 6.86. The first-order valence-corrected chi connectivity index (χ1v) is 10.3. The second kappa shape index (κ2) is 9.55. The highest BCUT2D eigenvalue weighted by molar-refractivity contribution is 6.01. The van der Waals surface area contributed by atoms with Crippen LogP contribution in [-0.2, 0) is 11.2 Å². The first-order chi connectivity index (χ1) is 13.1. The van der Waals surface area contributed by atoms with Crippen molar-refractivity contribution >= 4 is 17.7 Å². The quantitative estimate of drug-likeness (QED) is 0.578. The van der Waals surface area contributed by atoms with E-state index in [9.17, 15) is 4.79 Å². The second-order valence-electron chi connectivity index (χ2n) is 8.12. The maximum atomic E-state index is 12.2. The molecule has 3 rings (SSSR count). The topological polar surface area (TPSA) is 29.1 Å². The molecule has 0 radical (unpaired) electrons. The van der Waals surface area contributed by atoms with Crippen LogP contribution in [0.2, 0.25) is 0 Å². The van der Waals surface area contributed by atoms with Crippen molar-refractivity contribution < 1.29 is 4.79 Å². The SMILES string of the molecule is CC(C)Cc1ccc(C=CC(=O)Nc2ccc(C3CCCCC3)cc2)cc1. The first kappa shape index (κ1) is 19.4. The third-order valence-electron chi connectivity index (χ3n) is 5.31. The van der Waals surface area contributed by atoms with Crippen LogP contribution in [-0.4, -0.2) is 5.91 Å². The summed E-state index contributed by atoms with van der Waals surface area (Å²) >= 11 is 0. The molecule has 0 aliphatic heterocycles.